The quantitative estimate of drug-likeness (QED) is 0.0691. The maximum Gasteiger partial charge on any atom is 0.261 e. The number of hydrogen-bond donors (Lipinski definition) is 0. The van der Waals surface area contributed by atoms with E-state index in [0.717, 1.165) is 79.3 Å². The first kappa shape index (κ1) is 40.9. The summed E-state index contributed by atoms with van der Waals surface area (Å²) in [5.41, 5.74) is 6.80. The van der Waals surface area contributed by atoms with Crippen LogP contribution in [0.25, 0.3) is 43.1 Å². The van der Waals surface area contributed by atoms with Gasteiger partial charge in [-0.3, -0.25) is 29.0 Å². The van der Waals surface area contributed by atoms with Crippen molar-refractivity contribution in [1.29, 1.82) is 0 Å². The van der Waals surface area contributed by atoms with E-state index in [1.54, 1.807) is 0 Å². The Morgan fingerprint density at radius 2 is 0.682 bits per heavy atom. The van der Waals surface area contributed by atoms with Gasteiger partial charge in [-0.15, -0.1) is 0 Å². The van der Waals surface area contributed by atoms with Gasteiger partial charge in [-0.05, 0) is 110 Å². The van der Waals surface area contributed by atoms with Crippen molar-refractivity contribution in [3.63, 3.8) is 0 Å². The Morgan fingerprint density at radius 1 is 0.379 bits per heavy atom. The summed E-state index contributed by atoms with van der Waals surface area (Å²) in [6.45, 7) is 8.03. The van der Waals surface area contributed by atoms with Gasteiger partial charge in [0.05, 0.1) is 22.5 Å². The third-order valence-electron chi connectivity index (χ3n) is 13.7. The Kier molecular flexibility index (Phi) is 9.91. The van der Waals surface area contributed by atoms with Crippen molar-refractivity contribution in [2.45, 2.75) is 65.5 Å². The molecular weight excluding hydrogens is 817 g/mol. The highest BCUT2D eigenvalue weighted by atomic mass is 16.2. The van der Waals surface area contributed by atoms with Crippen LogP contribution in [0.5, 0.6) is 0 Å². The topological polar surface area (TPSA) is 81.2 Å². The first-order valence-electron chi connectivity index (χ1n) is 23.1. The van der Waals surface area contributed by atoms with Crippen LogP contribution in [0.1, 0.15) is 94.8 Å². The monoisotopic (exact) mass is 864 g/mol. The average molecular weight is 865 g/mol. The number of nitrogens with zero attached hydrogens (tertiary/aromatic N) is 4. The Balaban J connectivity index is 1.38. The predicted octanol–water partition coefficient (Wildman–Crippen LogP) is 14.2. The minimum absolute atomic E-state index is 0.314. The van der Waals surface area contributed by atoms with Crippen molar-refractivity contribution in [3.05, 3.63) is 180 Å². The highest BCUT2D eigenvalue weighted by molar-refractivity contribution is 6.45. The largest absolute Gasteiger partial charge is 0.310 e. The molecule has 11 rings (SSSR count). The molecule has 0 aromatic heterocycles. The lowest BCUT2D eigenvalue weighted by molar-refractivity contribution is 0.0528. The molecule has 0 aliphatic carbocycles. The van der Waals surface area contributed by atoms with Crippen LogP contribution < -0.4 is 9.80 Å². The van der Waals surface area contributed by atoms with Crippen LogP contribution in [0.15, 0.2) is 158 Å². The summed E-state index contributed by atoms with van der Waals surface area (Å²) in [6, 6.07) is 51.5. The maximum atomic E-state index is 15.2. The third-order valence-corrected chi connectivity index (χ3v) is 13.7. The average Bonchev–Trinajstić information content (AvgIpc) is 3.34. The Bertz CT molecular complexity index is 3100. The van der Waals surface area contributed by atoms with Gasteiger partial charge in [0.15, 0.2) is 0 Å². The Hall–Kier alpha value is -7.84. The molecule has 0 saturated heterocycles. The minimum atomic E-state index is -0.330. The van der Waals surface area contributed by atoms with E-state index in [1.165, 1.54) is 9.80 Å². The van der Waals surface area contributed by atoms with E-state index >= 15 is 9.59 Å². The fraction of sp³-hybridized carbons (Fsp3) is 0.172. The summed E-state index contributed by atoms with van der Waals surface area (Å²) in [4.78, 5) is 67.4. The van der Waals surface area contributed by atoms with E-state index < -0.39 is 0 Å². The number of rotatable bonds is 12. The zero-order valence-corrected chi connectivity index (χ0v) is 37.4. The molecule has 9 aromatic carbocycles. The SMILES string of the molecule is CCCC(C)N1C(=O)c2ccc3c4c(N(c5ccccc5)c5ccccc5)cc5c6c(ccc(c7c(N(c8ccccc8)c8ccccc8)cc(c2c37)C1=O)c64)C(=O)N(C(C)CCC)C5=O. The summed E-state index contributed by atoms with van der Waals surface area (Å²) in [5, 5.41) is 5.96. The molecule has 0 fully saturated rings. The van der Waals surface area contributed by atoms with Crippen molar-refractivity contribution < 1.29 is 19.2 Å². The molecule has 8 nitrogen and oxygen atoms in total. The molecule has 324 valence electrons. The number of para-hydroxylation sites is 4. The van der Waals surface area contributed by atoms with Gasteiger partial charge in [-0.25, -0.2) is 0 Å². The molecule has 2 heterocycles. The highest BCUT2D eigenvalue weighted by Crippen LogP contribution is 2.55. The summed E-state index contributed by atoms with van der Waals surface area (Å²) in [7, 11) is 0. The van der Waals surface area contributed by atoms with Gasteiger partial charge in [0, 0.05) is 78.3 Å². The number of anilines is 6. The van der Waals surface area contributed by atoms with Crippen LogP contribution in [0, 0.1) is 0 Å². The molecule has 2 atom stereocenters. The maximum absolute atomic E-state index is 15.2. The molecule has 2 unspecified atom stereocenters. The van der Waals surface area contributed by atoms with Crippen molar-refractivity contribution in [3.8, 4) is 0 Å². The number of hydrogen-bond acceptors (Lipinski definition) is 6. The molecule has 0 spiro atoms. The fourth-order valence-corrected chi connectivity index (χ4v) is 10.9. The van der Waals surface area contributed by atoms with Crippen LogP contribution in [-0.4, -0.2) is 45.5 Å². The van der Waals surface area contributed by atoms with E-state index in [1.807, 2.05) is 123 Å². The van der Waals surface area contributed by atoms with Crippen LogP contribution in [0.2, 0.25) is 0 Å². The molecule has 9 aromatic rings. The van der Waals surface area contributed by atoms with Gasteiger partial charge in [-0.2, -0.15) is 0 Å². The van der Waals surface area contributed by atoms with E-state index in [2.05, 4.69) is 72.2 Å². The molecule has 2 aliphatic rings. The number of imide groups is 2. The summed E-state index contributed by atoms with van der Waals surface area (Å²) in [6.07, 6.45) is 2.96. The fourth-order valence-electron chi connectivity index (χ4n) is 10.9. The number of benzene rings is 9. The van der Waals surface area contributed by atoms with Gasteiger partial charge in [0.2, 0.25) is 0 Å². The summed E-state index contributed by atoms with van der Waals surface area (Å²) in [5.74, 6) is -1.29. The summed E-state index contributed by atoms with van der Waals surface area (Å²) < 4.78 is 0. The lowest BCUT2D eigenvalue weighted by atomic mass is 9.80. The lowest BCUT2D eigenvalue weighted by Crippen LogP contribution is -2.46. The number of carbonyl (C=O) groups is 4. The van der Waals surface area contributed by atoms with Gasteiger partial charge < -0.3 is 9.80 Å². The van der Waals surface area contributed by atoms with Crippen molar-refractivity contribution >= 4 is 101 Å². The summed E-state index contributed by atoms with van der Waals surface area (Å²) >= 11 is 0. The molecule has 2 aliphatic heterocycles. The number of fused-ring (bicyclic) bond motifs is 2. The van der Waals surface area contributed by atoms with Gasteiger partial charge in [0.1, 0.15) is 0 Å². The van der Waals surface area contributed by atoms with Crippen molar-refractivity contribution in [1.82, 2.24) is 9.80 Å². The molecule has 66 heavy (non-hydrogen) atoms. The van der Waals surface area contributed by atoms with Gasteiger partial charge in [-0.1, -0.05) is 112 Å². The second kappa shape index (κ2) is 16.0. The molecule has 0 N–H and O–H groups in total. The van der Waals surface area contributed by atoms with Gasteiger partial charge >= 0.3 is 0 Å². The van der Waals surface area contributed by atoms with E-state index in [0.29, 0.717) is 45.9 Å². The van der Waals surface area contributed by atoms with Crippen molar-refractivity contribution in [2.24, 2.45) is 0 Å². The first-order chi connectivity index (χ1) is 32.2. The Labute approximate surface area is 383 Å². The van der Waals surface area contributed by atoms with Crippen LogP contribution in [-0.2, 0) is 0 Å². The first-order valence-corrected chi connectivity index (χ1v) is 23.1. The lowest BCUT2D eigenvalue weighted by Gasteiger charge is -2.36. The van der Waals surface area contributed by atoms with E-state index in [-0.39, 0.29) is 35.7 Å². The Morgan fingerprint density at radius 3 is 0.985 bits per heavy atom. The van der Waals surface area contributed by atoms with Crippen molar-refractivity contribution in [2.75, 3.05) is 9.80 Å². The van der Waals surface area contributed by atoms with Crippen LogP contribution >= 0.6 is 0 Å². The van der Waals surface area contributed by atoms with Gasteiger partial charge in [0.25, 0.3) is 23.6 Å². The molecule has 0 bridgehead atoms. The predicted molar refractivity (Wildman–Crippen MR) is 267 cm³/mol. The second-order valence-corrected chi connectivity index (χ2v) is 17.7. The molecule has 0 radical (unpaired) electrons. The third kappa shape index (κ3) is 6.04. The second-order valence-electron chi connectivity index (χ2n) is 17.7. The van der Waals surface area contributed by atoms with Crippen LogP contribution in [0.4, 0.5) is 34.1 Å². The molecule has 0 saturated carbocycles. The highest BCUT2D eigenvalue weighted by Gasteiger charge is 2.41. The van der Waals surface area contributed by atoms with E-state index in [4.69, 9.17) is 0 Å². The van der Waals surface area contributed by atoms with Crippen LogP contribution in [0.3, 0.4) is 0 Å². The number of amides is 4. The molecule has 4 amide bonds. The zero-order chi connectivity index (χ0) is 45.4. The minimum Gasteiger partial charge on any atom is -0.310 e. The molecular formula is C58H48N4O4. The molecule has 8 heteroatoms. The number of carbonyl (C=O) groups excluding carboxylic acids is 4. The normalized spacial score (nSPS) is 14.5. The standard InChI is InChI=1S/C58H48N4O4/c1-5-19-35(3)59-55(63)43-31-29-41-52-48(62(39-25-15-9-16-26-39)40-27-17-10-18-28-40)34-46-50-44(56(64)60(58(46)66)36(4)20-6-2)32-30-42(54(50)52)51-47(33-45(57(59)65)49(43)53(41)51)61(37-21-11-7-12-22-37)38-23-13-8-14-24-38/h7-18,21-36H,5-6,19-20H2,1-4H3. The zero-order valence-electron chi connectivity index (χ0n) is 37.4. The smallest absolute Gasteiger partial charge is 0.261 e. The van der Waals surface area contributed by atoms with E-state index in [9.17, 15) is 9.59 Å².